The van der Waals surface area contributed by atoms with Crippen molar-refractivity contribution in [3.05, 3.63) is 28.8 Å². The van der Waals surface area contributed by atoms with Crippen molar-refractivity contribution in [2.45, 2.75) is 13.3 Å². The summed E-state index contributed by atoms with van der Waals surface area (Å²) in [5, 5.41) is 0.614. The minimum absolute atomic E-state index is 0.283. The summed E-state index contributed by atoms with van der Waals surface area (Å²) in [6.07, 6.45) is 0.714. The van der Waals surface area contributed by atoms with E-state index in [1.807, 2.05) is 13.0 Å². The zero-order chi connectivity index (χ0) is 14.2. The fourth-order valence-electron chi connectivity index (χ4n) is 2.34. The largest absolute Gasteiger partial charge is 0.389 e. The number of carbonyl (C=O) groups excluding carboxylic acids is 1. The van der Waals surface area contributed by atoms with Crippen LogP contribution in [0.1, 0.15) is 18.9 Å². The highest BCUT2D eigenvalue weighted by Gasteiger charge is 2.39. The first-order valence-electron chi connectivity index (χ1n) is 5.98. The van der Waals surface area contributed by atoms with Gasteiger partial charge >= 0.3 is 0 Å². The second-order valence-electron chi connectivity index (χ2n) is 5.12. The zero-order valence-electron chi connectivity index (χ0n) is 10.6. The first kappa shape index (κ1) is 14.1. The molecule has 4 N–H and O–H groups in total. The van der Waals surface area contributed by atoms with Gasteiger partial charge in [0.2, 0.25) is 5.91 Å². The molecule has 0 saturated carbocycles. The molecule has 1 aromatic carbocycles. The molecule has 6 heteroatoms. The molecule has 1 atom stereocenters. The molecular weight excluding hydrogens is 282 g/mol. The van der Waals surface area contributed by atoms with E-state index in [-0.39, 0.29) is 5.91 Å². The Labute approximate surface area is 122 Å². The molecule has 2 rings (SSSR count). The molecular formula is C13H16ClN3OS. The van der Waals surface area contributed by atoms with Gasteiger partial charge in [0.1, 0.15) is 4.99 Å². The molecule has 1 aliphatic rings. The summed E-state index contributed by atoms with van der Waals surface area (Å²) >= 11 is 11.1. The van der Waals surface area contributed by atoms with Gasteiger partial charge in [-0.2, -0.15) is 0 Å². The molecule has 102 valence electrons. The Morgan fingerprint density at radius 1 is 1.47 bits per heavy atom. The monoisotopic (exact) mass is 297 g/mol. The van der Waals surface area contributed by atoms with Crippen LogP contribution >= 0.6 is 23.8 Å². The van der Waals surface area contributed by atoms with E-state index in [0.29, 0.717) is 23.0 Å². The van der Waals surface area contributed by atoms with Crippen LogP contribution in [-0.4, -0.2) is 24.0 Å². The molecule has 1 aromatic rings. The summed E-state index contributed by atoms with van der Waals surface area (Å²) in [5.74, 6) is -0.283. The standard InChI is InChI=1S/C13H16ClN3OS/c1-13(12(16)18)4-5-17(7-13)10-6-8(14)2-3-9(10)11(15)19/h2-3,6H,4-5,7H2,1H3,(H2,15,19)(H2,16,18). The van der Waals surface area contributed by atoms with Crippen LogP contribution in [0.25, 0.3) is 0 Å². The number of carbonyl (C=O) groups is 1. The maximum absolute atomic E-state index is 11.5. The maximum Gasteiger partial charge on any atom is 0.225 e. The summed E-state index contributed by atoms with van der Waals surface area (Å²) in [5.41, 5.74) is 12.3. The van der Waals surface area contributed by atoms with E-state index in [1.54, 1.807) is 12.1 Å². The Morgan fingerprint density at radius 2 is 2.16 bits per heavy atom. The number of rotatable bonds is 3. The quantitative estimate of drug-likeness (QED) is 0.833. The Kier molecular flexibility index (Phi) is 3.69. The van der Waals surface area contributed by atoms with E-state index in [4.69, 9.17) is 35.3 Å². The second kappa shape index (κ2) is 4.98. The van der Waals surface area contributed by atoms with E-state index in [1.165, 1.54) is 0 Å². The average Bonchev–Trinajstić information content (AvgIpc) is 2.73. The summed E-state index contributed by atoms with van der Waals surface area (Å²) in [7, 11) is 0. The highest BCUT2D eigenvalue weighted by atomic mass is 35.5. The van der Waals surface area contributed by atoms with Gasteiger partial charge in [0.05, 0.1) is 5.41 Å². The normalized spacial score (nSPS) is 22.5. The topological polar surface area (TPSA) is 72.4 Å². The van der Waals surface area contributed by atoms with Crippen LogP contribution in [0.2, 0.25) is 5.02 Å². The van der Waals surface area contributed by atoms with E-state index in [0.717, 1.165) is 17.8 Å². The minimum Gasteiger partial charge on any atom is -0.389 e. The number of nitrogens with two attached hydrogens (primary N) is 2. The number of anilines is 1. The number of nitrogens with zero attached hydrogens (tertiary/aromatic N) is 1. The summed E-state index contributed by atoms with van der Waals surface area (Å²) in [6, 6.07) is 5.38. The summed E-state index contributed by atoms with van der Waals surface area (Å²) in [4.78, 5) is 13.9. The lowest BCUT2D eigenvalue weighted by atomic mass is 9.89. The number of hydrogen-bond acceptors (Lipinski definition) is 3. The van der Waals surface area contributed by atoms with Gasteiger partial charge in [-0.3, -0.25) is 4.79 Å². The Bertz CT molecular complexity index is 549. The molecule has 0 aliphatic carbocycles. The van der Waals surface area contributed by atoms with Crippen LogP contribution in [-0.2, 0) is 4.79 Å². The van der Waals surface area contributed by atoms with E-state index in [2.05, 4.69) is 4.90 Å². The van der Waals surface area contributed by atoms with Gasteiger partial charge in [-0.1, -0.05) is 23.8 Å². The fraction of sp³-hybridized carbons (Fsp3) is 0.385. The van der Waals surface area contributed by atoms with Crippen molar-refractivity contribution >= 4 is 40.4 Å². The van der Waals surface area contributed by atoms with E-state index < -0.39 is 5.41 Å². The predicted molar refractivity (Wildman–Crippen MR) is 81.5 cm³/mol. The lowest BCUT2D eigenvalue weighted by Gasteiger charge is -2.24. The number of amides is 1. The Balaban J connectivity index is 2.36. The van der Waals surface area contributed by atoms with Crippen molar-refractivity contribution in [3.63, 3.8) is 0 Å². The van der Waals surface area contributed by atoms with Gasteiger partial charge in [0.25, 0.3) is 0 Å². The smallest absolute Gasteiger partial charge is 0.225 e. The van der Waals surface area contributed by atoms with Crippen molar-refractivity contribution in [2.24, 2.45) is 16.9 Å². The molecule has 1 saturated heterocycles. The lowest BCUT2D eigenvalue weighted by molar-refractivity contribution is -0.125. The van der Waals surface area contributed by atoms with Crippen LogP contribution in [0, 0.1) is 5.41 Å². The average molecular weight is 298 g/mol. The number of benzene rings is 1. The maximum atomic E-state index is 11.5. The third-order valence-corrected chi connectivity index (χ3v) is 4.09. The van der Waals surface area contributed by atoms with Crippen molar-refractivity contribution in [3.8, 4) is 0 Å². The highest BCUT2D eigenvalue weighted by Crippen LogP contribution is 2.35. The summed E-state index contributed by atoms with van der Waals surface area (Å²) in [6.45, 7) is 3.16. The van der Waals surface area contributed by atoms with Crippen molar-refractivity contribution in [1.82, 2.24) is 0 Å². The van der Waals surface area contributed by atoms with E-state index in [9.17, 15) is 4.79 Å². The van der Waals surface area contributed by atoms with Crippen molar-refractivity contribution in [2.75, 3.05) is 18.0 Å². The number of hydrogen-bond donors (Lipinski definition) is 2. The van der Waals surface area contributed by atoms with Gasteiger partial charge in [-0.15, -0.1) is 0 Å². The lowest BCUT2D eigenvalue weighted by Crippen LogP contribution is -2.37. The molecule has 0 radical (unpaired) electrons. The van der Waals surface area contributed by atoms with E-state index >= 15 is 0 Å². The number of primary amides is 1. The molecule has 0 bridgehead atoms. The number of halogens is 1. The highest BCUT2D eigenvalue weighted by molar-refractivity contribution is 7.80. The first-order valence-corrected chi connectivity index (χ1v) is 6.76. The van der Waals surface area contributed by atoms with Gasteiger partial charge in [-0.25, -0.2) is 0 Å². The number of thiocarbonyl (C=S) groups is 1. The molecule has 1 unspecified atom stereocenters. The van der Waals surface area contributed by atoms with Crippen LogP contribution in [0.15, 0.2) is 18.2 Å². The predicted octanol–water partition coefficient (Wildman–Crippen LogP) is 1.68. The molecule has 1 fully saturated rings. The molecule has 1 aliphatic heterocycles. The SMILES string of the molecule is CC1(C(N)=O)CCN(c2cc(Cl)ccc2C(N)=S)C1. The third kappa shape index (κ3) is 2.67. The molecule has 0 aromatic heterocycles. The van der Waals surface area contributed by atoms with Crippen LogP contribution in [0.5, 0.6) is 0 Å². The second-order valence-corrected chi connectivity index (χ2v) is 6.00. The molecule has 1 amide bonds. The van der Waals surface area contributed by atoms with Gasteiger partial charge in [0.15, 0.2) is 0 Å². The molecule has 4 nitrogen and oxygen atoms in total. The third-order valence-electron chi connectivity index (χ3n) is 3.63. The van der Waals surface area contributed by atoms with Crippen molar-refractivity contribution < 1.29 is 4.79 Å². The van der Waals surface area contributed by atoms with Crippen LogP contribution in [0.3, 0.4) is 0 Å². The van der Waals surface area contributed by atoms with Gasteiger partial charge in [-0.05, 0) is 31.5 Å². The van der Waals surface area contributed by atoms with Gasteiger partial charge < -0.3 is 16.4 Å². The van der Waals surface area contributed by atoms with Crippen LogP contribution < -0.4 is 16.4 Å². The van der Waals surface area contributed by atoms with Gasteiger partial charge in [0, 0.05) is 29.4 Å². The minimum atomic E-state index is -0.518. The Morgan fingerprint density at radius 3 is 2.68 bits per heavy atom. The fourth-order valence-corrected chi connectivity index (χ4v) is 2.68. The molecule has 1 heterocycles. The zero-order valence-corrected chi connectivity index (χ0v) is 12.2. The molecule has 19 heavy (non-hydrogen) atoms. The first-order chi connectivity index (χ1) is 8.83. The summed E-state index contributed by atoms with van der Waals surface area (Å²) < 4.78 is 0. The van der Waals surface area contributed by atoms with Crippen LogP contribution in [0.4, 0.5) is 5.69 Å². The van der Waals surface area contributed by atoms with Crippen molar-refractivity contribution in [1.29, 1.82) is 0 Å². The molecule has 0 spiro atoms. The Hall–Kier alpha value is -1.33.